The summed E-state index contributed by atoms with van der Waals surface area (Å²) in [4.78, 5) is 13.8. The van der Waals surface area contributed by atoms with Gasteiger partial charge in [-0.3, -0.25) is 4.79 Å². The number of benzene rings is 1. The summed E-state index contributed by atoms with van der Waals surface area (Å²) >= 11 is 5.77. The number of nitrogens with zero attached hydrogens (tertiary/aromatic N) is 2. The van der Waals surface area contributed by atoms with Crippen molar-refractivity contribution in [2.45, 2.75) is 6.92 Å². The van der Waals surface area contributed by atoms with Crippen LogP contribution in [0.4, 0.5) is 0 Å². The molecule has 0 fully saturated rings. The molecule has 13 heavy (non-hydrogen) atoms. The molecule has 1 aromatic carbocycles. The highest BCUT2D eigenvalue weighted by Gasteiger charge is 2.07. The predicted molar refractivity (Wildman–Crippen MR) is 50.2 cm³/mol. The van der Waals surface area contributed by atoms with Crippen molar-refractivity contribution >= 4 is 23.6 Å². The molecule has 0 bridgehead atoms. The van der Waals surface area contributed by atoms with E-state index in [1.165, 1.54) is 0 Å². The van der Waals surface area contributed by atoms with Crippen LogP contribution in [0.1, 0.15) is 15.9 Å². The molecule has 0 radical (unpaired) electrons. The molecule has 0 N–H and O–H groups in total. The van der Waals surface area contributed by atoms with Crippen LogP contribution in [-0.4, -0.2) is 16.8 Å². The Hall–Kier alpha value is -1.44. The maximum atomic E-state index is 11.2. The van der Waals surface area contributed by atoms with Crippen molar-refractivity contribution in [2.24, 2.45) is 0 Å². The van der Waals surface area contributed by atoms with Gasteiger partial charge < -0.3 is 5.53 Å². The second kappa shape index (κ2) is 3.99. The Morgan fingerprint density at radius 3 is 2.85 bits per heavy atom. The van der Waals surface area contributed by atoms with Crippen molar-refractivity contribution < 1.29 is 9.58 Å². The molecule has 0 saturated heterocycles. The summed E-state index contributed by atoms with van der Waals surface area (Å²) in [6.07, 6.45) is 0.850. The molecule has 3 nitrogen and oxygen atoms in total. The van der Waals surface area contributed by atoms with E-state index in [1.807, 2.05) is 0 Å². The monoisotopic (exact) mass is 194 g/mol. The Morgan fingerprint density at radius 1 is 1.62 bits per heavy atom. The van der Waals surface area contributed by atoms with Gasteiger partial charge in [-0.1, -0.05) is 11.6 Å². The fourth-order valence-electron chi connectivity index (χ4n) is 0.925. The SMILES string of the molecule is Cc1cc(C(=O)C=[N+]=[N-])ccc1Cl. The standard InChI is InChI=1S/C9H7ClN2O/c1-6-4-7(2-3-8(6)10)9(13)5-12-11/h2-5H,1H3. The molecule has 0 heterocycles. The summed E-state index contributed by atoms with van der Waals surface area (Å²) in [5.74, 6) is -0.345. The minimum absolute atomic E-state index is 0.345. The second-order valence-electron chi connectivity index (χ2n) is 2.57. The zero-order valence-electron chi connectivity index (χ0n) is 6.99. The van der Waals surface area contributed by atoms with Crippen LogP contribution in [0.3, 0.4) is 0 Å². The number of halogens is 1. The lowest BCUT2D eigenvalue weighted by Gasteiger charge is -1.97. The van der Waals surface area contributed by atoms with Crippen LogP contribution in [0.5, 0.6) is 0 Å². The van der Waals surface area contributed by atoms with Crippen molar-refractivity contribution in [3.63, 3.8) is 0 Å². The minimum Gasteiger partial charge on any atom is -0.361 e. The van der Waals surface area contributed by atoms with Crippen LogP contribution in [0.25, 0.3) is 5.53 Å². The number of ketones is 1. The van der Waals surface area contributed by atoms with Gasteiger partial charge in [0.25, 0.3) is 5.78 Å². The molecule has 0 atom stereocenters. The van der Waals surface area contributed by atoms with Gasteiger partial charge in [-0.15, -0.1) is 0 Å². The molecule has 1 rings (SSSR count). The Kier molecular flexibility index (Phi) is 2.96. The third-order valence-electron chi connectivity index (χ3n) is 1.62. The van der Waals surface area contributed by atoms with E-state index >= 15 is 0 Å². The van der Waals surface area contributed by atoms with Gasteiger partial charge in [0, 0.05) is 10.6 Å². The highest BCUT2D eigenvalue weighted by atomic mass is 35.5. The van der Waals surface area contributed by atoms with Crippen molar-refractivity contribution in [2.75, 3.05) is 0 Å². The molecule has 0 saturated carbocycles. The Labute approximate surface area is 80.6 Å². The fraction of sp³-hybridized carbons (Fsp3) is 0.111. The fourth-order valence-corrected chi connectivity index (χ4v) is 1.04. The molecule has 0 unspecified atom stereocenters. The predicted octanol–water partition coefficient (Wildman–Crippen LogP) is 2.13. The number of hydrogen-bond donors (Lipinski definition) is 0. The van der Waals surface area contributed by atoms with Gasteiger partial charge in [0.15, 0.2) is 0 Å². The van der Waals surface area contributed by atoms with Gasteiger partial charge >= 0.3 is 6.21 Å². The average molecular weight is 195 g/mol. The molecular weight excluding hydrogens is 188 g/mol. The van der Waals surface area contributed by atoms with Gasteiger partial charge in [-0.2, -0.15) is 4.79 Å². The number of aryl methyl sites for hydroxylation is 1. The van der Waals surface area contributed by atoms with E-state index in [1.54, 1.807) is 25.1 Å². The average Bonchev–Trinajstić information content (AvgIpc) is 2.10. The van der Waals surface area contributed by atoms with E-state index in [4.69, 9.17) is 17.1 Å². The molecular formula is C9H7ClN2O. The van der Waals surface area contributed by atoms with Crippen molar-refractivity contribution in [3.05, 3.63) is 39.9 Å². The van der Waals surface area contributed by atoms with Crippen LogP contribution < -0.4 is 0 Å². The lowest BCUT2D eigenvalue weighted by molar-refractivity contribution is 0.00235. The maximum Gasteiger partial charge on any atom is 0.328 e. The van der Waals surface area contributed by atoms with E-state index in [0.717, 1.165) is 11.8 Å². The number of Topliss-reactive ketones (excluding diaryl/α,β-unsaturated/α-hetero) is 1. The third kappa shape index (κ3) is 2.25. The number of hydrogen-bond acceptors (Lipinski definition) is 1. The van der Waals surface area contributed by atoms with Gasteiger partial charge in [-0.05, 0) is 30.7 Å². The van der Waals surface area contributed by atoms with Gasteiger partial charge in [-0.25, -0.2) is 0 Å². The van der Waals surface area contributed by atoms with E-state index in [-0.39, 0.29) is 5.78 Å². The highest BCUT2D eigenvalue weighted by Crippen LogP contribution is 2.16. The summed E-state index contributed by atoms with van der Waals surface area (Å²) in [5.41, 5.74) is 9.42. The number of rotatable bonds is 2. The third-order valence-corrected chi connectivity index (χ3v) is 2.04. The lowest BCUT2D eigenvalue weighted by atomic mass is 10.1. The Bertz CT molecular complexity index is 395. The van der Waals surface area contributed by atoms with Gasteiger partial charge in [0.05, 0.1) is 0 Å². The maximum absolute atomic E-state index is 11.2. The van der Waals surface area contributed by atoms with Crippen molar-refractivity contribution in [1.82, 2.24) is 0 Å². The van der Waals surface area contributed by atoms with Gasteiger partial charge in [0.1, 0.15) is 0 Å². The molecule has 0 aliphatic carbocycles. The summed E-state index contributed by atoms with van der Waals surface area (Å²) in [6.45, 7) is 1.80. The van der Waals surface area contributed by atoms with Crippen molar-refractivity contribution in [3.8, 4) is 0 Å². The van der Waals surface area contributed by atoms with E-state index in [9.17, 15) is 4.79 Å². The molecule has 0 aromatic heterocycles. The summed E-state index contributed by atoms with van der Waals surface area (Å²) in [5, 5.41) is 0.609. The highest BCUT2D eigenvalue weighted by molar-refractivity contribution is 6.34. The van der Waals surface area contributed by atoms with Gasteiger partial charge in [0.2, 0.25) is 0 Å². The van der Waals surface area contributed by atoms with Crippen LogP contribution in [0, 0.1) is 6.92 Å². The molecule has 0 amide bonds. The first-order valence-corrected chi connectivity index (χ1v) is 4.01. The minimum atomic E-state index is -0.345. The van der Waals surface area contributed by atoms with Crippen LogP contribution in [0.2, 0.25) is 5.02 Å². The summed E-state index contributed by atoms with van der Waals surface area (Å²) in [6, 6.07) is 4.86. The quantitative estimate of drug-likeness (QED) is 0.308. The number of carbonyl (C=O) groups excluding carboxylic acids is 1. The lowest BCUT2D eigenvalue weighted by Crippen LogP contribution is -2.00. The summed E-state index contributed by atoms with van der Waals surface area (Å²) < 4.78 is 0. The Balaban J connectivity index is 3.10. The molecule has 0 aliphatic rings. The Morgan fingerprint density at radius 2 is 2.31 bits per heavy atom. The van der Waals surface area contributed by atoms with E-state index < -0.39 is 0 Å². The first kappa shape index (κ1) is 9.65. The van der Waals surface area contributed by atoms with Crippen LogP contribution in [0.15, 0.2) is 18.2 Å². The molecule has 66 valence electrons. The molecule has 0 spiro atoms. The summed E-state index contributed by atoms with van der Waals surface area (Å²) in [7, 11) is 0. The van der Waals surface area contributed by atoms with Crippen LogP contribution in [-0.2, 0) is 0 Å². The zero-order chi connectivity index (χ0) is 9.84. The first-order chi connectivity index (χ1) is 6.15. The topological polar surface area (TPSA) is 53.5 Å². The molecule has 4 heteroatoms. The first-order valence-electron chi connectivity index (χ1n) is 3.63. The van der Waals surface area contributed by atoms with Crippen LogP contribution >= 0.6 is 11.6 Å². The largest absolute Gasteiger partial charge is 0.361 e. The number of carbonyl (C=O) groups is 1. The zero-order valence-corrected chi connectivity index (χ0v) is 7.75. The van der Waals surface area contributed by atoms with E-state index in [2.05, 4.69) is 4.79 Å². The normalized spacial score (nSPS) is 9.08. The molecule has 0 aliphatic heterocycles. The van der Waals surface area contributed by atoms with E-state index in [0.29, 0.717) is 10.6 Å². The molecule has 1 aromatic rings. The smallest absolute Gasteiger partial charge is 0.328 e. The second-order valence-corrected chi connectivity index (χ2v) is 2.98. The van der Waals surface area contributed by atoms with Crippen molar-refractivity contribution in [1.29, 1.82) is 0 Å².